The van der Waals surface area contributed by atoms with Crippen LogP contribution in [0.2, 0.25) is 0 Å². The van der Waals surface area contributed by atoms with E-state index in [0.29, 0.717) is 36.5 Å². The van der Waals surface area contributed by atoms with Crippen LogP contribution in [-0.4, -0.2) is 72.0 Å². The summed E-state index contributed by atoms with van der Waals surface area (Å²) in [6, 6.07) is 9.93. The number of piperidine rings is 1. The minimum absolute atomic E-state index is 0.168. The van der Waals surface area contributed by atoms with Crippen molar-refractivity contribution in [2.45, 2.75) is 12.8 Å². The third-order valence-electron chi connectivity index (χ3n) is 7.11. The van der Waals surface area contributed by atoms with E-state index in [-0.39, 0.29) is 6.61 Å². The fourth-order valence-electron chi connectivity index (χ4n) is 5.23. The molecule has 1 aromatic carbocycles. The van der Waals surface area contributed by atoms with Crippen LogP contribution in [0.4, 0.5) is 5.69 Å². The number of benzene rings is 1. The second-order valence-corrected chi connectivity index (χ2v) is 9.65. The minimum Gasteiger partial charge on any atom is -0.464 e. The molecule has 1 saturated heterocycles. The lowest BCUT2D eigenvalue weighted by Crippen LogP contribution is -2.39. The van der Waals surface area contributed by atoms with Crippen LogP contribution in [0.5, 0.6) is 6.01 Å². The summed E-state index contributed by atoms with van der Waals surface area (Å²) in [7, 11) is 1.87. The molecule has 0 saturated carbocycles. The zero-order valence-electron chi connectivity index (χ0n) is 21.2. The summed E-state index contributed by atoms with van der Waals surface area (Å²) in [6.45, 7) is 10.6. The van der Waals surface area contributed by atoms with Gasteiger partial charge in [0, 0.05) is 55.6 Å². The molecule has 1 aliphatic rings. The second kappa shape index (κ2) is 10.2. The van der Waals surface area contributed by atoms with Gasteiger partial charge in [0.1, 0.15) is 0 Å². The van der Waals surface area contributed by atoms with Crippen molar-refractivity contribution < 1.29 is 9.84 Å². The molecule has 192 valence electrons. The van der Waals surface area contributed by atoms with Gasteiger partial charge in [0.05, 0.1) is 37.2 Å². The number of nitrogens with zero attached hydrogens (tertiary/aromatic N) is 8. The maximum Gasteiger partial charge on any atom is 0.302 e. The Kier molecular flexibility index (Phi) is 6.45. The third kappa shape index (κ3) is 4.47. The van der Waals surface area contributed by atoms with Crippen LogP contribution in [0.3, 0.4) is 0 Å². The first kappa shape index (κ1) is 24.0. The highest BCUT2D eigenvalue weighted by molar-refractivity contribution is 5.93. The Hall–Kier alpha value is -4.33. The lowest BCUT2D eigenvalue weighted by Gasteiger charge is -2.32. The quantitative estimate of drug-likeness (QED) is 0.332. The van der Waals surface area contributed by atoms with Crippen LogP contribution in [-0.2, 0) is 7.05 Å². The van der Waals surface area contributed by atoms with Crippen molar-refractivity contribution in [3.63, 3.8) is 0 Å². The summed E-state index contributed by atoms with van der Waals surface area (Å²) in [5.74, 6) is 0.355. The number of aromatic nitrogens is 6. The predicted octanol–water partition coefficient (Wildman–Crippen LogP) is 3.98. The molecule has 1 N–H and O–H groups in total. The van der Waals surface area contributed by atoms with E-state index < -0.39 is 0 Å². The average Bonchev–Trinajstić information content (AvgIpc) is 3.59. The first-order valence-electron chi connectivity index (χ1n) is 12.7. The summed E-state index contributed by atoms with van der Waals surface area (Å²) in [6.07, 6.45) is 9.40. The van der Waals surface area contributed by atoms with Crippen molar-refractivity contribution in [1.82, 2.24) is 34.0 Å². The van der Waals surface area contributed by atoms with Crippen molar-refractivity contribution in [2.75, 3.05) is 32.8 Å². The molecule has 0 amide bonds. The van der Waals surface area contributed by atoms with E-state index in [0.717, 1.165) is 59.3 Å². The molecule has 0 spiro atoms. The van der Waals surface area contributed by atoms with Gasteiger partial charge >= 0.3 is 6.01 Å². The normalized spacial score (nSPS) is 16.2. The van der Waals surface area contributed by atoms with Crippen molar-refractivity contribution in [3.8, 4) is 28.4 Å². The number of aryl methyl sites for hydroxylation is 1. The fraction of sp³-hybridized carbons (Fsp3) is 0.321. The number of β-amino-alcohol motifs (C(OH)–C–C–N with tert-alkyl or cyclic N) is 1. The third-order valence-corrected chi connectivity index (χ3v) is 7.11. The Morgan fingerprint density at radius 1 is 1.13 bits per heavy atom. The lowest BCUT2D eigenvalue weighted by atomic mass is 9.99. The number of aliphatic hydroxyl groups is 1. The summed E-state index contributed by atoms with van der Waals surface area (Å²) in [4.78, 5) is 20.2. The topological polar surface area (TPSA) is 98.0 Å². The van der Waals surface area contributed by atoms with Gasteiger partial charge in [-0.25, -0.2) is 14.8 Å². The lowest BCUT2D eigenvalue weighted by molar-refractivity contribution is 0.107. The standard InChI is InChI=1S/C28H28N8O2/c1-29-23-7-5-20(6-8-23)25-24(21-14-22-16-32-34(2)26(22)31-15-21)27-30-9-11-36(27)28(33-25)38-18-19-4-3-10-35(17-19)12-13-37/h5-9,11,14-16,19,37H,3-4,10,12-13,17-18H2,2H3/t19-/m1/s1. The van der Waals surface area contributed by atoms with Crippen LogP contribution >= 0.6 is 0 Å². The second-order valence-electron chi connectivity index (χ2n) is 9.65. The first-order valence-corrected chi connectivity index (χ1v) is 12.7. The molecular weight excluding hydrogens is 480 g/mol. The van der Waals surface area contributed by atoms with Crippen molar-refractivity contribution >= 4 is 22.4 Å². The molecule has 10 heteroatoms. The molecule has 1 atom stereocenters. The first-order chi connectivity index (χ1) is 18.6. The molecule has 0 aliphatic carbocycles. The van der Waals surface area contributed by atoms with Crippen molar-refractivity contribution in [2.24, 2.45) is 13.0 Å². The van der Waals surface area contributed by atoms with Crippen LogP contribution in [0.25, 0.3) is 43.9 Å². The van der Waals surface area contributed by atoms with Crippen molar-refractivity contribution in [1.29, 1.82) is 0 Å². The zero-order chi connectivity index (χ0) is 26.1. The number of ether oxygens (including phenoxy) is 1. The highest BCUT2D eigenvalue weighted by Gasteiger charge is 2.23. The maximum absolute atomic E-state index is 9.34. The molecule has 38 heavy (non-hydrogen) atoms. The molecule has 0 bridgehead atoms. The number of hydrogen-bond acceptors (Lipinski definition) is 7. The Bertz CT molecular complexity index is 1630. The number of hydrogen-bond donors (Lipinski definition) is 1. The largest absolute Gasteiger partial charge is 0.464 e. The number of rotatable bonds is 7. The Labute approximate surface area is 220 Å². The van der Waals surface area contributed by atoms with Gasteiger partial charge in [-0.3, -0.25) is 9.08 Å². The molecule has 0 radical (unpaired) electrons. The molecule has 5 heterocycles. The van der Waals surface area contributed by atoms with E-state index in [1.165, 1.54) is 0 Å². The fourth-order valence-corrected chi connectivity index (χ4v) is 5.23. The van der Waals surface area contributed by atoms with Crippen LogP contribution in [0, 0.1) is 12.5 Å². The van der Waals surface area contributed by atoms with Gasteiger partial charge < -0.3 is 14.7 Å². The molecule has 10 nitrogen and oxygen atoms in total. The molecule has 4 aromatic heterocycles. The number of aliphatic hydroxyl groups excluding tert-OH is 1. The summed E-state index contributed by atoms with van der Waals surface area (Å²) < 4.78 is 9.99. The zero-order valence-corrected chi connectivity index (χ0v) is 21.2. The average molecular weight is 509 g/mol. The number of fused-ring (bicyclic) bond motifs is 2. The van der Waals surface area contributed by atoms with Crippen LogP contribution in [0.1, 0.15) is 12.8 Å². The van der Waals surface area contributed by atoms with E-state index in [1.54, 1.807) is 29.2 Å². The summed E-state index contributed by atoms with van der Waals surface area (Å²) in [5.41, 5.74) is 5.37. The smallest absolute Gasteiger partial charge is 0.302 e. The predicted molar refractivity (Wildman–Crippen MR) is 144 cm³/mol. The van der Waals surface area contributed by atoms with Gasteiger partial charge in [0.2, 0.25) is 0 Å². The van der Waals surface area contributed by atoms with E-state index in [9.17, 15) is 5.11 Å². The van der Waals surface area contributed by atoms with E-state index in [4.69, 9.17) is 21.3 Å². The molecule has 1 fully saturated rings. The minimum atomic E-state index is 0.168. The van der Waals surface area contributed by atoms with Gasteiger partial charge in [0.15, 0.2) is 17.0 Å². The van der Waals surface area contributed by atoms with Crippen LogP contribution in [0.15, 0.2) is 55.1 Å². The molecule has 0 unspecified atom stereocenters. The summed E-state index contributed by atoms with van der Waals surface area (Å²) >= 11 is 0. The number of pyridine rings is 1. The maximum atomic E-state index is 9.34. The van der Waals surface area contributed by atoms with Crippen molar-refractivity contribution in [3.05, 3.63) is 66.5 Å². The van der Waals surface area contributed by atoms with Gasteiger partial charge in [-0.1, -0.05) is 24.3 Å². The van der Waals surface area contributed by atoms with Crippen LogP contribution < -0.4 is 4.74 Å². The highest BCUT2D eigenvalue weighted by Crippen LogP contribution is 2.37. The Morgan fingerprint density at radius 2 is 2.00 bits per heavy atom. The van der Waals surface area contributed by atoms with E-state index >= 15 is 0 Å². The Balaban J connectivity index is 1.44. The monoisotopic (exact) mass is 508 g/mol. The van der Waals surface area contributed by atoms with Gasteiger partial charge in [-0.15, -0.1) is 0 Å². The SMILES string of the molecule is [C-]#[N+]c1ccc(-c2nc(OC[C@@H]3CCCN(CCO)C3)n3ccnc3c2-c2cnc3c(cnn3C)c2)cc1. The van der Waals surface area contributed by atoms with Gasteiger partial charge in [-0.05, 0) is 31.0 Å². The van der Waals surface area contributed by atoms with Gasteiger partial charge in [0.25, 0.3) is 0 Å². The number of imidazole rings is 1. The number of likely N-dealkylation sites (tertiary alicyclic amines) is 1. The molecule has 6 rings (SSSR count). The highest BCUT2D eigenvalue weighted by atomic mass is 16.5. The van der Waals surface area contributed by atoms with Gasteiger partial charge in [-0.2, -0.15) is 10.1 Å². The molecule has 1 aliphatic heterocycles. The molecule has 5 aromatic rings. The van der Waals surface area contributed by atoms with E-state index in [1.807, 2.05) is 36.0 Å². The summed E-state index contributed by atoms with van der Waals surface area (Å²) in [5, 5.41) is 14.6. The molecular formula is C28H28N8O2. The Morgan fingerprint density at radius 3 is 2.82 bits per heavy atom. The van der Waals surface area contributed by atoms with E-state index in [2.05, 4.69) is 25.9 Å².